The molecule has 168 valence electrons. The van der Waals surface area contributed by atoms with E-state index in [1.54, 1.807) is 12.3 Å². The van der Waals surface area contributed by atoms with Gasteiger partial charge in [-0.05, 0) is 31.5 Å². The normalized spacial score (nSPS) is 13.5. The number of nitrogens with two attached hydrogens (primary N) is 2. The summed E-state index contributed by atoms with van der Waals surface area (Å²) in [4.78, 5) is 12.8. The number of aromatic nitrogens is 3. The van der Waals surface area contributed by atoms with Crippen LogP contribution >= 0.6 is 11.6 Å². The summed E-state index contributed by atoms with van der Waals surface area (Å²) >= 11 is 6.53. The van der Waals surface area contributed by atoms with Crippen LogP contribution in [-0.4, -0.2) is 26.3 Å². The lowest BCUT2D eigenvalue weighted by molar-refractivity contribution is 0.0566. The van der Waals surface area contributed by atoms with Crippen LogP contribution in [0.5, 0.6) is 0 Å². The zero-order valence-electron chi connectivity index (χ0n) is 17.3. The average Bonchev–Trinajstić information content (AvgIpc) is 3.24. The van der Waals surface area contributed by atoms with Gasteiger partial charge in [0.2, 0.25) is 0 Å². The van der Waals surface area contributed by atoms with E-state index < -0.39 is 6.55 Å². The van der Waals surface area contributed by atoms with E-state index >= 15 is 0 Å². The SMILES string of the molecule is CC(C)N1Cc2cc(-c3cnn(C(F)F)c3)c(Cl)cc2-c2cc(=O)c(/C(=N/N)NN)cn21. The molecule has 4 rings (SSSR count). The van der Waals surface area contributed by atoms with E-state index in [2.05, 4.69) is 15.6 Å². The zero-order valence-corrected chi connectivity index (χ0v) is 18.0. The first-order valence-electron chi connectivity index (χ1n) is 9.69. The van der Waals surface area contributed by atoms with Crippen LogP contribution in [-0.2, 0) is 6.54 Å². The topological polar surface area (TPSA) is 119 Å². The summed E-state index contributed by atoms with van der Waals surface area (Å²) in [6.45, 7) is 1.76. The molecule has 3 heterocycles. The predicted octanol–water partition coefficient (Wildman–Crippen LogP) is 2.37. The highest BCUT2D eigenvalue weighted by molar-refractivity contribution is 6.33. The smallest absolute Gasteiger partial charge is 0.321 e. The van der Waals surface area contributed by atoms with Crippen molar-refractivity contribution >= 4 is 17.4 Å². The van der Waals surface area contributed by atoms with Crippen molar-refractivity contribution in [3.05, 3.63) is 63.2 Å². The molecule has 0 unspecified atom stereocenters. The summed E-state index contributed by atoms with van der Waals surface area (Å²) in [5.74, 6) is 10.9. The number of hydrazine groups is 1. The van der Waals surface area contributed by atoms with E-state index in [0.29, 0.717) is 33.1 Å². The number of alkyl halides is 2. The largest absolute Gasteiger partial charge is 0.333 e. The number of rotatable bonds is 4. The van der Waals surface area contributed by atoms with Gasteiger partial charge in [-0.3, -0.25) is 9.47 Å². The van der Waals surface area contributed by atoms with Crippen molar-refractivity contribution < 1.29 is 8.78 Å². The van der Waals surface area contributed by atoms with Gasteiger partial charge in [-0.25, -0.2) is 10.5 Å². The first-order valence-corrected chi connectivity index (χ1v) is 10.1. The highest BCUT2D eigenvalue weighted by atomic mass is 35.5. The van der Waals surface area contributed by atoms with Gasteiger partial charge >= 0.3 is 6.55 Å². The summed E-state index contributed by atoms with van der Waals surface area (Å²) in [6, 6.07) is 5.10. The van der Waals surface area contributed by atoms with Crippen molar-refractivity contribution in [3.63, 3.8) is 0 Å². The van der Waals surface area contributed by atoms with Crippen molar-refractivity contribution in [1.82, 2.24) is 19.9 Å². The Balaban J connectivity index is 1.90. The lowest BCUT2D eigenvalue weighted by Gasteiger charge is -2.38. The first kappa shape index (κ1) is 21.8. The summed E-state index contributed by atoms with van der Waals surface area (Å²) in [6.07, 6.45) is 4.22. The van der Waals surface area contributed by atoms with Crippen molar-refractivity contribution in [3.8, 4) is 22.4 Å². The second kappa shape index (κ2) is 8.24. The summed E-state index contributed by atoms with van der Waals surface area (Å²) in [5.41, 5.74) is 5.55. The maximum absolute atomic E-state index is 13.0. The Hall–Kier alpha value is -3.44. The Morgan fingerprint density at radius 3 is 2.59 bits per heavy atom. The Morgan fingerprint density at radius 2 is 2.00 bits per heavy atom. The zero-order chi connectivity index (χ0) is 23.2. The van der Waals surface area contributed by atoms with Crippen LogP contribution in [0.15, 0.2) is 46.7 Å². The molecule has 9 nitrogen and oxygen atoms in total. The fourth-order valence-electron chi connectivity index (χ4n) is 3.77. The van der Waals surface area contributed by atoms with Crippen molar-refractivity contribution in [2.75, 3.05) is 5.01 Å². The lowest BCUT2D eigenvalue weighted by Crippen LogP contribution is -2.45. The van der Waals surface area contributed by atoms with Gasteiger partial charge in [0.25, 0.3) is 0 Å². The molecule has 3 aromatic rings. The van der Waals surface area contributed by atoms with Gasteiger partial charge in [0, 0.05) is 46.2 Å². The number of pyridine rings is 1. The monoisotopic (exact) mass is 462 g/mol. The second-order valence-corrected chi connectivity index (χ2v) is 7.98. The molecular weight excluding hydrogens is 442 g/mol. The Bertz CT molecular complexity index is 1270. The fourth-order valence-corrected chi connectivity index (χ4v) is 4.05. The lowest BCUT2D eigenvalue weighted by atomic mass is 9.96. The van der Waals surface area contributed by atoms with Crippen LogP contribution in [0.1, 0.15) is 31.5 Å². The van der Waals surface area contributed by atoms with Crippen LogP contribution in [0.4, 0.5) is 8.78 Å². The molecule has 0 bridgehead atoms. The molecule has 32 heavy (non-hydrogen) atoms. The third-order valence-corrected chi connectivity index (χ3v) is 5.65. The van der Waals surface area contributed by atoms with E-state index in [9.17, 15) is 13.6 Å². The van der Waals surface area contributed by atoms with Crippen LogP contribution < -0.4 is 27.5 Å². The highest BCUT2D eigenvalue weighted by Gasteiger charge is 2.26. The van der Waals surface area contributed by atoms with Crippen LogP contribution in [0.3, 0.4) is 0 Å². The minimum absolute atomic E-state index is 0.0575. The van der Waals surface area contributed by atoms with Gasteiger partial charge in [0.05, 0.1) is 24.0 Å². The highest BCUT2D eigenvalue weighted by Crippen LogP contribution is 2.38. The summed E-state index contributed by atoms with van der Waals surface area (Å²) < 4.78 is 28.3. The number of hydrogen-bond acceptors (Lipinski definition) is 6. The number of nitrogens with zero attached hydrogens (tertiary/aromatic N) is 5. The minimum atomic E-state index is -2.74. The molecule has 1 aliphatic rings. The molecule has 12 heteroatoms. The Morgan fingerprint density at radius 1 is 1.25 bits per heavy atom. The molecule has 0 atom stereocenters. The molecule has 0 amide bonds. The van der Waals surface area contributed by atoms with Crippen LogP contribution in [0, 0.1) is 0 Å². The van der Waals surface area contributed by atoms with E-state index in [4.69, 9.17) is 23.3 Å². The molecule has 0 saturated carbocycles. The second-order valence-electron chi connectivity index (χ2n) is 7.57. The van der Waals surface area contributed by atoms with E-state index in [1.807, 2.05) is 29.6 Å². The van der Waals surface area contributed by atoms with Gasteiger partial charge in [-0.1, -0.05) is 11.6 Å². The van der Waals surface area contributed by atoms with Gasteiger partial charge < -0.3 is 16.3 Å². The molecule has 0 aliphatic carbocycles. The molecule has 0 spiro atoms. The van der Waals surface area contributed by atoms with E-state index in [1.165, 1.54) is 18.5 Å². The summed E-state index contributed by atoms with van der Waals surface area (Å²) in [5, 5.41) is 9.62. The molecule has 2 aromatic heterocycles. The van der Waals surface area contributed by atoms with E-state index in [-0.39, 0.29) is 22.9 Å². The molecule has 1 aromatic carbocycles. The van der Waals surface area contributed by atoms with Crippen LogP contribution in [0.2, 0.25) is 5.02 Å². The number of nitrogens with one attached hydrogen (secondary N) is 1. The molecular formula is C20H21ClF2N8O. The molecule has 1 aliphatic heterocycles. The third kappa shape index (κ3) is 3.59. The number of hydrazone groups is 1. The molecule has 5 N–H and O–H groups in total. The minimum Gasteiger partial charge on any atom is -0.321 e. The molecule has 0 saturated heterocycles. The Labute approximate surface area is 186 Å². The standard InChI is InChI=1S/C20H21ClF2N8O/c1-10(2)30-8-11-3-13(12-6-26-29(7-12)20(22)23)16(21)4-14(11)17-5-18(32)15(9-31(17)30)19(27-24)28-25/h3-7,9-10,20H,8,24-25H2,1-2H3,(H,27,28). The maximum Gasteiger partial charge on any atom is 0.333 e. The molecule has 0 fully saturated rings. The number of hydrogen-bond donors (Lipinski definition) is 3. The van der Waals surface area contributed by atoms with Gasteiger partial charge in [0.1, 0.15) is 0 Å². The van der Waals surface area contributed by atoms with Crippen molar-refractivity contribution in [2.45, 2.75) is 33.0 Å². The maximum atomic E-state index is 13.0. The average molecular weight is 463 g/mol. The van der Waals surface area contributed by atoms with Gasteiger partial charge in [-0.15, -0.1) is 0 Å². The van der Waals surface area contributed by atoms with Crippen LogP contribution in [0.25, 0.3) is 22.4 Å². The predicted molar refractivity (Wildman–Crippen MR) is 119 cm³/mol. The molecule has 0 radical (unpaired) electrons. The van der Waals surface area contributed by atoms with Crippen molar-refractivity contribution in [2.24, 2.45) is 16.8 Å². The van der Waals surface area contributed by atoms with Gasteiger partial charge in [0.15, 0.2) is 11.3 Å². The van der Waals surface area contributed by atoms with Crippen molar-refractivity contribution in [1.29, 1.82) is 0 Å². The number of fused-ring (bicyclic) bond motifs is 3. The summed E-state index contributed by atoms with van der Waals surface area (Å²) in [7, 11) is 0. The quantitative estimate of drug-likeness (QED) is 0.237. The Kier molecular flexibility index (Phi) is 5.61. The number of halogens is 3. The van der Waals surface area contributed by atoms with E-state index in [0.717, 1.165) is 11.1 Å². The fraction of sp³-hybridized carbons (Fsp3) is 0.250. The first-order chi connectivity index (χ1) is 15.2. The van der Waals surface area contributed by atoms with Gasteiger partial charge in [-0.2, -0.15) is 19.0 Å². The number of amidine groups is 1. The number of benzene rings is 1. The third-order valence-electron chi connectivity index (χ3n) is 5.34.